The minimum atomic E-state index is -1.90. The third kappa shape index (κ3) is 5.25. The van der Waals surface area contributed by atoms with Gasteiger partial charge in [0.25, 0.3) is 0 Å². The topological polar surface area (TPSA) is 47.9 Å². The number of unbranched alkanes of at least 4 members (excludes halogenated alkanes) is 2. The first-order chi connectivity index (χ1) is 14.4. The second kappa shape index (κ2) is 9.47. The first-order valence-electron chi connectivity index (χ1n) is 12.6. The molecule has 0 aromatic rings. The minimum absolute atomic E-state index is 0.000483. The summed E-state index contributed by atoms with van der Waals surface area (Å²) in [6.45, 7) is 17.9. The van der Waals surface area contributed by atoms with E-state index in [4.69, 9.17) is 13.9 Å². The van der Waals surface area contributed by atoms with Crippen LogP contribution in [0.15, 0.2) is 0 Å². The Balaban J connectivity index is 1.74. The Morgan fingerprint density at radius 2 is 1.81 bits per heavy atom. The molecule has 3 fully saturated rings. The quantitative estimate of drug-likeness (QED) is 0.311. The van der Waals surface area contributed by atoms with E-state index >= 15 is 0 Å². The summed E-state index contributed by atoms with van der Waals surface area (Å²) >= 11 is 0. The summed E-state index contributed by atoms with van der Waals surface area (Å²) in [5, 5.41) is 11.1. The van der Waals surface area contributed by atoms with E-state index in [-0.39, 0.29) is 35.2 Å². The average Bonchev–Trinajstić information content (AvgIpc) is 3.25. The normalized spacial score (nSPS) is 35.8. The van der Waals surface area contributed by atoms with Gasteiger partial charge in [-0.2, -0.15) is 0 Å². The smallest absolute Gasteiger partial charge is 0.193 e. The largest absolute Gasteiger partial charge is 0.403 e. The van der Waals surface area contributed by atoms with Crippen LogP contribution < -0.4 is 0 Å². The maximum absolute atomic E-state index is 10.9. The fourth-order valence-electron chi connectivity index (χ4n) is 5.36. The van der Waals surface area contributed by atoms with Gasteiger partial charge in [0, 0.05) is 18.3 Å². The molecule has 3 rings (SSSR count). The lowest BCUT2D eigenvalue weighted by molar-refractivity contribution is -0.199. The van der Waals surface area contributed by atoms with Crippen LogP contribution in [-0.4, -0.2) is 43.6 Å². The average molecular weight is 451 g/mol. The molecule has 178 valence electrons. The van der Waals surface area contributed by atoms with Crippen molar-refractivity contribution in [2.45, 2.75) is 135 Å². The fourth-order valence-corrected chi connectivity index (χ4v) is 6.61. The molecule has 0 bridgehead atoms. The van der Waals surface area contributed by atoms with E-state index in [1.807, 2.05) is 0 Å². The maximum Gasteiger partial charge on any atom is 0.193 e. The highest BCUT2D eigenvalue weighted by atomic mass is 28.4. The lowest BCUT2D eigenvalue weighted by Crippen LogP contribution is -2.43. The van der Waals surface area contributed by atoms with E-state index in [0.717, 1.165) is 32.1 Å². The molecule has 1 aliphatic heterocycles. The van der Waals surface area contributed by atoms with Crippen molar-refractivity contribution in [3.8, 4) is 11.8 Å². The summed E-state index contributed by atoms with van der Waals surface area (Å²) in [5.74, 6) is 7.12. The van der Waals surface area contributed by atoms with E-state index in [1.165, 1.54) is 12.8 Å². The molecular weight excluding hydrogens is 404 g/mol. The maximum atomic E-state index is 10.9. The highest BCUT2D eigenvalue weighted by Gasteiger charge is 2.61. The van der Waals surface area contributed by atoms with Gasteiger partial charge in [0.1, 0.15) is 6.10 Å². The van der Waals surface area contributed by atoms with Crippen LogP contribution in [0.3, 0.4) is 0 Å². The SMILES string of the molecule is CCCCC[C@@H](C#C[C@@H]1[C@H]2CCC3(O[C@H](C)[C@@H](C)O3)[C@H]2C[C@H]1O)O[Si](C)(C)C(C)(C)C. The van der Waals surface area contributed by atoms with Gasteiger partial charge in [-0.25, -0.2) is 0 Å². The lowest BCUT2D eigenvalue weighted by atomic mass is 9.90. The number of rotatable bonds is 6. The van der Waals surface area contributed by atoms with E-state index in [0.29, 0.717) is 5.92 Å². The Morgan fingerprint density at radius 1 is 1.16 bits per heavy atom. The predicted molar refractivity (Wildman–Crippen MR) is 128 cm³/mol. The van der Waals surface area contributed by atoms with Crippen molar-refractivity contribution in [2.24, 2.45) is 17.8 Å². The Morgan fingerprint density at radius 3 is 2.39 bits per heavy atom. The number of hydrogen-bond acceptors (Lipinski definition) is 4. The number of aliphatic hydroxyl groups excluding tert-OH is 1. The Bertz CT molecular complexity index is 663. The summed E-state index contributed by atoms with van der Waals surface area (Å²) in [7, 11) is -1.90. The van der Waals surface area contributed by atoms with Gasteiger partial charge in [-0.15, -0.1) is 0 Å². The van der Waals surface area contributed by atoms with Gasteiger partial charge in [-0.05, 0) is 63.6 Å². The molecule has 3 aliphatic rings. The molecule has 0 radical (unpaired) electrons. The van der Waals surface area contributed by atoms with Gasteiger partial charge in [-0.1, -0.05) is 52.4 Å². The van der Waals surface area contributed by atoms with Crippen molar-refractivity contribution in [1.82, 2.24) is 0 Å². The number of ether oxygens (including phenoxy) is 2. The third-order valence-electron chi connectivity index (χ3n) is 8.43. The summed E-state index contributed by atoms with van der Waals surface area (Å²) in [6.07, 6.45) is 6.99. The molecule has 0 aromatic carbocycles. The highest BCUT2D eigenvalue weighted by Crippen LogP contribution is 2.57. The number of hydrogen-bond donors (Lipinski definition) is 1. The van der Waals surface area contributed by atoms with Crippen molar-refractivity contribution >= 4 is 8.32 Å². The molecule has 1 heterocycles. The molecule has 5 heteroatoms. The zero-order chi connectivity index (χ0) is 23.0. The molecule has 1 spiro atoms. The van der Waals surface area contributed by atoms with Gasteiger partial charge in [0.05, 0.1) is 18.3 Å². The van der Waals surface area contributed by atoms with E-state index in [9.17, 15) is 5.11 Å². The monoisotopic (exact) mass is 450 g/mol. The van der Waals surface area contributed by atoms with E-state index < -0.39 is 20.2 Å². The van der Waals surface area contributed by atoms with Crippen LogP contribution in [0.5, 0.6) is 0 Å². The standard InChI is InChI=1S/C26H46O4Si/c1-9-10-11-12-20(30-31(7,8)25(4,5)6)13-14-22-21-15-16-26(23(21)17-24(22)27)28-18(2)19(3)29-26/h18-24,27H,9-12,15-17H2,1-8H3/t18-,19-,20+,21-,22-,23+,24-/m1/s1. The summed E-state index contributed by atoms with van der Waals surface area (Å²) in [6, 6.07) is 0. The Kier molecular flexibility index (Phi) is 7.71. The lowest BCUT2D eigenvalue weighted by Gasteiger charge is -2.38. The van der Waals surface area contributed by atoms with E-state index in [1.54, 1.807) is 0 Å². The van der Waals surface area contributed by atoms with Crippen LogP contribution in [0.25, 0.3) is 0 Å². The molecule has 0 aromatic heterocycles. The zero-order valence-corrected chi connectivity index (χ0v) is 22.2. The van der Waals surface area contributed by atoms with Gasteiger partial charge in [0.15, 0.2) is 14.1 Å². The zero-order valence-electron chi connectivity index (χ0n) is 21.2. The van der Waals surface area contributed by atoms with Gasteiger partial charge < -0.3 is 19.0 Å². The van der Waals surface area contributed by atoms with Crippen LogP contribution in [0.4, 0.5) is 0 Å². The molecular formula is C26H46O4Si. The van der Waals surface area contributed by atoms with Crippen molar-refractivity contribution in [3.63, 3.8) is 0 Å². The first kappa shape index (κ1) is 25.2. The summed E-state index contributed by atoms with van der Waals surface area (Å²) in [4.78, 5) is 0. The van der Waals surface area contributed by atoms with Crippen molar-refractivity contribution in [3.05, 3.63) is 0 Å². The summed E-state index contributed by atoms with van der Waals surface area (Å²) in [5.41, 5.74) is 0. The molecule has 0 amide bonds. The van der Waals surface area contributed by atoms with Crippen LogP contribution in [0.2, 0.25) is 18.1 Å². The molecule has 7 atom stereocenters. The Labute approximate surface area is 191 Å². The molecule has 2 aliphatic carbocycles. The second-order valence-corrected chi connectivity index (χ2v) is 16.5. The van der Waals surface area contributed by atoms with Crippen LogP contribution >= 0.6 is 0 Å². The van der Waals surface area contributed by atoms with Crippen molar-refractivity contribution < 1.29 is 19.0 Å². The first-order valence-corrected chi connectivity index (χ1v) is 15.5. The molecule has 1 saturated heterocycles. The van der Waals surface area contributed by atoms with Gasteiger partial charge in [-0.3, -0.25) is 0 Å². The second-order valence-electron chi connectivity index (χ2n) is 11.7. The third-order valence-corrected chi connectivity index (χ3v) is 12.9. The van der Waals surface area contributed by atoms with Crippen molar-refractivity contribution in [1.29, 1.82) is 0 Å². The molecule has 0 unspecified atom stereocenters. The minimum Gasteiger partial charge on any atom is -0.403 e. The van der Waals surface area contributed by atoms with Gasteiger partial charge >= 0.3 is 0 Å². The number of fused-ring (bicyclic) bond motifs is 2. The van der Waals surface area contributed by atoms with E-state index in [2.05, 4.69) is 66.5 Å². The van der Waals surface area contributed by atoms with Gasteiger partial charge in [0.2, 0.25) is 0 Å². The fraction of sp³-hybridized carbons (Fsp3) is 0.923. The van der Waals surface area contributed by atoms with Crippen LogP contribution in [0, 0.1) is 29.6 Å². The molecule has 1 N–H and O–H groups in total. The highest BCUT2D eigenvalue weighted by molar-refractivity contribution is 6.74. The number of aliphatic hydroxyl groups is 1. The van der Waals surface area contributed by atoms with Crippen molar-refractivity contribution in [2.75, 3.05) is 0 Å². The molecule has 31 heavy (non-hydrogen) atoms. The Hall–Kier alpha value is -0.383. The summed E-state index contributed by atoms with van der Waals surface area (Å²) < 4.78 is 19.4. The van der Waals surface area contributed by atoms with Crippen LogP contribution in [0.1, 0.15) is 86.5 Å². The van der Waals surface area contributed by atoms with Crippen LogP contribution in [-0.2, 0) is 13.9 Å². The predicted octanol–water partition coefficient (Wildman–Crippen LogP) is 5.89. The molecule has 4 nitrogen and oxygen atoms in total. The molecule has 2 saturated carbocycles.